The lowest BCUT2D eigenvalue weighted by molar-refractivity contribution is -0.238. The average Bonchev–Trinajstić information content (AvgIpc) is 2.99. The van der Waals surface area contributed by atoms with Gasteiger partial charge in [-0.05, 0) is 44.6 Å². The molecule has 0 aromatic heterocycles. The third-order valence-electron chi connectivity index (χ3n) is 4.48. The van der Waals surface area contributed by atoms with Gasteiger partial charge in [-0.25, -0.2) is 0 Å². The van der Waals surface area contributed by atoms with Gasteiger partial charge in [0.2, 0.25) is 5.79 Å². The Morgan fingerprint density at radius 3 is 2.63 bits per heavy atom. The van der Waals surface area contributed by atoms with E-state index in [-0.39, 0.29) is 19.0 Å². The fourth-order valence-electron chi connectivity index (χ4n) is 3.01. The summed E-state index contributed by atoms with van der Waals surface area (Å²) in [5, 5.41) is 0. The van der Waals surface area contributed by atoms with Crippen LogP contribution in [0.4, 0.5) is 0 Å². The minimum atomic E-state index is -1.26. The van der Waals surface area contributed by atoms with Crippen molar-refractivity contribution >= 4 is 11.8 Å². The van der Waals surface area contributed by atoms with Crippen LogP contribution in [0.1, 0.15) is 31.9 Å². The summed E-state index contributed by atoms with van der Waals surface area (Å²) in [6.45, 7) is 5.33. The number of ether oxygens (including phenoxy) is 5. The molecule has 3 rings (SSSR count). The maximum Gasteiger partial charge on any atom is 0.311 e. The minimum absolute atomic E-state index is 0.182. The molecule has 1 aromatic carbocycles. The number of rotatable bonds is 4. The zero-order valence-corrected chi connectivity index (χ0v) is 16.2. The fraction of sp³-hybridized carbons (Fsp3) is 0.500. The molecule has 0 bridgehead atoms. The van der Waals surface area contributed by atoms with Gasteiger partial charge in [0.05, 0.1) is 31.8 Å². The lowest BCUT2D eigenvalue weighted by Crippen LogP contribution is -2.43. The summed E-state index contributed by atoms with van der Waals surface area (Å²) in [5.41, 5.74) is 0.860. The standard InChI is InChI=1S/C20H24O7/c1-19(2,3)18(22)25-11-16-14(21)6-7-20(27-16)17-12(10-26-20)8-13(23-4)9-15(17)24-5/h6-9,16H,10-11H2,1-5H3/t16-,20?/m1/s1. The molecular weight excluding hydrogens is 352 g/mol. The van der Waals surface area contributed by atoms with E-state index in [9.17, 15) is 9.59 Å². The largest absolute Gasteiger partial charge is 0.497 e. The Morgan fingerprint density at radius 2 is 2.00 bits per heavy atom. The van der Waals surface area contributed by atoms with Crippen molar-refractivity contribution in [3.8, 4) is 11.5 Å². The SMILES string of the molecule is COc1cc2c(c(OC)c1)C1(C=CC(=O)[C@@H](COC(=O)C(C)(C)C)O1)OC2. The van der Waals surface area contributed by atoms with Crippen molar-refractivity contribution in [2.24, 2.45) is 5.41 Å². The van der Waals surface area contributed by atoms with E-state index in [2.05, 4.69) is 0 Å². The topological polar surface area (TPSA) is 80.3 Å². The lowest BCUT2D eigenvalue weighted by atomic mass is 9.96. The summed E-state index contributed by atoms with van der Waals surface area (Å²) in [7, 11) is 3.11. The predicted molar refractivity (Wildman–Crippen MR) is 95.4 cm³/mol. The normalized spacial score (nSPS) is 24.0. The van der Waals surface area contributed by atoms with E-state index in [1.165, 1.54) is 6.08 Å². The van der Waals surface area contributed by atoms with Crippen molar-refractivity contribution in [3.63, 3.8) is 0 Å². The van der Waals surface area contributed by atoms with Crippen LogP contribution < -0.4 is 9.47 Å². The second-order valence-electron chi connectivity index (χ2n) is 7.51. The molecular formula is C20H24O7. The van der Waals surface area contributed by atoms with Crippen LogP contribution in [0, 0.1) is 5.41 Å². The van der Waals surface area contributed by atoms with Crippen molar-refractivity contribution < 1.29 is 33.3 Å². The molecule has 0 radical (unpaired) electrons. The number of fused-ring (bicyclic) bond motifs is 2. The third-order valence-corrected chi connectivity index (χ3v) is 4.48. The summed E-state index contributed by atoms with van der Waals surface area (Å²) >= 11 is 0. The first kappa shape index (κ1) is 19.4. The highest BCUT2D eigenvalue weighted by molar-refractivity contribution is 5.95. The zero-order chi connectivity index (χ0) is 19.8. The molecule has 0 amide bonds. The van der Waals surface area contributed by atoms with E-state index in [1.54, 1.807) is 47.1 Å². The summed E-state index contributed by atoms with van der Waals surface area (Å²) in [5.74, 6) is -0.784. The van der Waals surface area contributed by atoms with Crippen molar-refractivity contribution in [3.05, 3.63) is 35.4 Å². The van der Waals surface area contributed by atoms with Crippen LogP contribution in [0.25, 0.3) is 0 Å². The summed E-state index contributed by atoms with van der Waals surface area (Å²) in [4.78, 5) is 24.3. The fourth-order valence-corrected chi connectivity index (χ4v) is 3.01. The highest BCUT2D eigenvalue weighted by Crippen LogP contribution is 2.47. The van der Waals surface area contributed by atoms with Gasteiger partial charge in [-0.3, -0.25) is 9.59 Å². The first-order chi connectivity index (χ1) is 12.7. The molecule has 7 nitrogen and oxygen atoms in total. The van der Waals surface area contributed by atoms with E-state index in [4.69, 9.17) is 23.7 Å². The summed E-state index contributed by atoms with van der Waals surface area (Å²) in [6.07, 6.45) is 2.01. The molecule has 2 atom stereocenters. The first-order valence-electron chi connectivity index (χ1n) is 8.67. The number of esters is 1. The molecule has 2 heterocycles. The lowest BCUT2D eigenvalue weighted by Gasteiger charge is -2.34. The van der Waals surface area contributed by atoms with Crippen molar-refractivity contribution in [2.75, 3.05) is 20.8 Å². The Kier molecular flexibility index (Phi) is 5.01. The van der Waals surface area contributed by atoms with Crippen LogP contribution in [0.15, 0.2) is 24.3 Å². The van der Waals surface area contributed by atoms with E-state index >= 15 is 0 Å². The Balaban J connectivity index is 1.88. The van der Waals surface area contributed by atoms with Crippen molar-refractivity contribution in [1.82, 2.24) is 0 Å². The van der Waals surface area contributed by atoms with E-state index in [0.29, 0.717) is 17.1 Å². The van der Waals surface area contributed by atoms with Crippen LogP contribution in [0.5, 0.6) is 11.5 Å². The number of hydrogen-bond donors (Lipinski definition) is 0. The monoisotopic (exact) mass is 376 g/mol. The Morgan fingerprint density at radius 1 is 1.26 bits per heavy atom. The third kappa shape index (κ3) is 3.57. The Hall–Kier alpha value is -2.38. The molecule has 27 heavy (non-hydrogen) atoms. The van der Waals surface area contributed by atoms with E-state index in [0.717, 1.165) is 5.56 Å². The zero-order valence-electron chi connectivity index (χ0n) is 16.2. The van der Waals surface area contributed by atoms with Gasteiger partial charge < -0.3 is 23.7 Å². The van der Waals surface area contributed by atoms with Crippen LogP contribution in [-0.4, -0.2) is 38.7 Å². The number of carbonyl (C=O) groups excluding carboxylic acids is 2. The first-order valence-corrected chi connectivity index (χ1v) is 8.67. The van der Waals surface area contributed by atoms with Crippen LogP contribution in [0.3, 0.4) is 0 Å². The number of methoxy groups -OCH3 is 2. The molecule has 1 aromatic rings. The second kappa shape index (κ2) is 6.98. The highest BCUT2D eigenvalue weighted by Gasteiger charge is 2.48. The molecule has 2 aliphatic rings. The quantitative estimate of drug-likeness (QED) is 0.747. The molecule has 1 unspecified atom stereocenters. The predicted octanol–water partition coefficient (Wildman–Crippen LogP) is 2.50. The molecule has 1 spiro atoms. The number of ketones is 1. The van der Waals surface area contributed by atoms with Crippen molar-refractivity contribution in [1.29, 1.82) is 0 Å². The van der Waals surface area contributed by atoms with Gasteiger partial charge >= 0.3 is 5.97 Å². The minimum Gasteiger partial charge on any atom is -0.497 e. The molecule has 0 N–H and O–H groups in total. The van der Waals surface area contributed by atoms with Gasteiger partial charge in [-0.15, -0.1) is 0 Å². The maximum absolute atomic E-state index is 12.3. The Bertz CT molecular complexity index is 790. The smallest absolute Gasteiger partial charge is 0.311 e. The van der Waals surface area contributed by atoms with Gasteiger partial charge in [0.25, 0.3) is 0 Å². The summed E-state index contributed by atoms with van der Waals surface area (Å²) in [6, 6.07) is 3.58. The molecule has 2 aliphatic heterocycles. The van der Waals surface area contributed by atoms with E-state index < -0.39 is 23.3 Å². The molecule has 0 saturated carbocycles. The van der Waals surface area contributed by atoms with Gasteiger partial charge in [0.15, 0.2) is 11.9 Å². The van der Waals surface area contributed by atoms with Gasteiger partial charge in [0, 0.05) is 6.07 Å². The van der Waals surface area contributed by atoms with Crippen molar-refractivity contribution in [2.45, 2.75) is 39.3 Å². The Labute approximate surface area is 158 Å². The second-order valence-corrected chi connectivity index (χ2v) is 7.51. The molecule has 0 saturated heterocycles. The number of benzene rings is 1. The maximum atomic E-state index is 12.3. The molecule has 0 fully saturated rings. The number of hydrogen-bond acceptors (Lipinski definition) is 7. The van der Waals surface area contributed by atoms with Crippen LogP contribution >= 0.6 is 0 Å². The van der Waals surface area contributed by atoms with Crippen LogP contribution in [-0.2, 0) is 36.2 Å². The van der Waals surface area contributed by atoms with Gasteiger partial charge in [0.1, 0.15) is 18.1 Å². The van der Waals surface area contributed by atoms with Gasteiger partial charge in [-0.2, -0.15) is 0 Å². The molecule has 0 aliphatic carbocycles. The molecule has 7 heteroatoms. The number of carbonyl (C=O) groups is 2. The summed E-state index contributed by atoms with van der Waals surface area (Å²) < 4.78 is 28.0. The average molecular weight is 376 g/mol. The van der Waals surface area contributed by atoms with Crippen LogP contribution in [0.2, 0.25) is 0 Å². The van der Waals surface area contributed by atoms with E-state index in [1.807, 2.05) is 6.07 Å². The highest BCUT2D eigenvalue weighted by atomic mass is 16.7. The van der Waals surface area contributed by atoms with Gasteiger partial charge in [-0.1, -0.05) is 0 Å². The molecule has 146 valence electrons.